The first-order valence-electron chi connectivity index (χ1n) is 11.5. The summed E-state index contributed by atoms with van der Waals surface area (Å²) in [6.07, 6.45) is 7.25. The highest BCUT2D eigenvalue weighted by Crippen LogP contribution is 2.43. The number of nitrogens with zero attached hydrogens (tertiary/aromatic N) is 4. The maximum atomic E-state index is 13.5. The van der Waals surface area contributed by atoms with Crippen LogP contribution in [0, 0.1) is 0 Å². The van der Waals surface area contributed by atoms with Crippen LogP contribution in [0.1, 0.15) is 47.4 Å². The maximum Gasteiger partial charge on any atom is 0.273 e. The van der Waals surface area contributed by atoms with Crippen LogP contribution < -0.4 is 4.74 Å². The van der Waals surface area contributed by atoms with Crippen molar-refractivity contribution in [2.24, 2.45) is 0 Å². The topological polar surface area (TPSA) is 76.0 Å². The molecule has 2 aromatic heterocycles. The molecule has 1 unspecified atom stereocenters. The second-order valence-electron chi connectivity index (χ2n) is 8.34. The van der Waals surface area contributed by atoms with Gasteiger partial charge >= 0.3 is 0 Å². The zero-order valence-electron chi connectivity index (χ0n) is 18.9. The van der Waals surface area contributed by atoms with Crippen LogP contribution in [-0.2, 0) is 6.54 Å². The van der Waals surface area contributed by atoms with Crippen LogP contribution in [0.25, 0.3) is 11.3 Å². The molecule has 0 spiro atoms. The van der Waals surface area contributed by atoms with E-state index in [-0.39, 0.29) is 11.9 Å². The SMILES string of the molecule is CCCOc1ccc(C2c3c(-c4ccc(Cl)cc4)n[nH]c3C(=O)N2CCCn2ccnc2)cc1. The molecule has 8 heteroatoms. The average molecular weight is 476 g/mol. The molecule has 1 N–H and O–H groups in total. The second kappa shape index (κ2) is 9.73. The molecule has 0 radical (unpaired) electrons. The molecule has 3 heterocycles. The summed E-state index contributed by atoms with van der Waals surface area (Å²) >= 11 is 6.10. The number of halogens is 1. The van der Waals surface area contributed by atoms with E-state index in [0.29, 0.717) is 23.9 Å². The van der Waals surface area contributed by atoms with Gasteiger partial charge < -0.3 is 14.2 Å². The lowest BCUT2D eigenvalue weighted by Gasteiger charge is -2.26. The molecule has 174 valence electrons. The van der Waals surface area contributed by atoms with E-state index in [2.05, 4.69) is 22.1 Å². The number of hydrogen-bond acceptors (Lipinski definition) is 4. The highest BCUT2D eigenvalue weighted by atomic mass is 35.5. The molecule has 1 aliphatic rings. The Morgan fingerprint density at radius 1 is 1.09 bits per heavy atom. The minimum Gasteiger partial charge on any atom is -0.494 e. The van der Waals surface area contributed by atoms with Crippen LogP contribution >= 0.6 is 11.6 Å². The number of H-pyrrole nitrogens is 1. The van der Waals surface area contributed by atoms with Gasteiger partial charge in [-0.3, -0.25) is 9.89 Å². The molecule has 1 amide bonds. The Morgan fingerprint density at radius 2 is 1.88 bits per heavy atom. The molecule has 0 fully saturated rings. The molecule has 5 rings (SSSR count). The van der Waals surface area contributed by atoms with Gasteiger partial charge in [0.15, 0.2) is 0 Å². The lowest BCUT2D eigenvalue weighted by molar-refractivity contribution is 0.0739. The fourth-order valence-electron chi connectivity index (χ4n) is 4.41. The minimum atomic E-state index is -0.241. The van der Waals surface area contributed by atoms with Crippen molar-refractivity contribution in [3.63, 3.8) is 0 Å². The highest BCUT2D eigenvalue weighted by molar-refractivity contribution is 6.30. The van der Waals surface area contributed by atoms with Crippen molar-refractivity contribution in [2.45, 2.75) is 32.4 Å². The number of fused-ring (bicyclic) bond motifs is 1. The van der Waals surface area contributed by atoms with Gasteiger partial charge in [0, 0.05) is 41.6 Å². The number of hydrogen-bond donors (Lipinski definition) is 1. The number of rotatable bonds is 9. The van der Waals surface area contributed by atoms with E-state index in [1.54, 1.807) is 12.5 Å². The van der Waals surface area contributed by atoms with Crippen molar-refractivity contribution < 1.29 is 9.53 Å². The van der Waals surface area contributed by atoms with Crippen molar-refractivity contribution in [1.82, 2.24) is 24.6 Å². The normalized spacial score (nSPS) is 15.1. The second-order valence-corrected chi connectivity index (χ2v) is 8.78. The summed E-state index contributed by atoms with van der Waals surface area (Å²) in [5.41, 5.74) is 4.16. The van der Waals surface area contributed by atoms with E-state index in [0.717, 1.165) is 47.5 Å². The molecule has 34 heavy (non-hydrogen) atoms. The molecule has 0 saturated carbocycles. The Morgan fingerprint density at radius 3 is 2.59 bits per heavy atom. The van der Waals surface area contributed by atoms with Crippen LogP contribution in [0.5, 0.6) is 5.75 Å². The molecule has 4 aromatic rings. The Bertz CT molecular complexity index is 1250. The van der Waals surface area contributed by atoms with E-state index < -0.39 is 0 Å². The largest absolute Gasteiger partial charge is 0.494 e. The van der Waals surface area contributed by atoms with E-state index in [1.807, 2.05) is 64.2 Å². The Labute approximate surface area is 203 Å². The third-order valence-corrected chi connectivity index (χ3v) is 6.28. The van der Waals surface area contributed by atoms with Gasteiger partial charge in [-0.25, -0.2) is 4.98 Å². The summed E-state index contributed by atoms with van der Waals surface area (Å²) in [4.78, 5) is 19.5. The van der Waals surface area contributed by atoms with Gasteiger partial charge in [-0.05, 0) is 42.7 Å². The number of amides is 1. The van der Waals surface area contributed by atoms with Gasteiger partial charge in [0.1, 0.15) is 11.4 Å². The number of ether oxygens (including phenoxy) is 1. The number of nitrogens with one attached hydrogen (secondary N) is 1. The number of carbonyl (C=O) groups is 1. The molecule has 1 aliphatic heterocycles. The predicted octanol–water partition coefficient (Wildman–Crippen LogP) is 5.35. The van der Waals surface area contributed by atoms with Crippen LogP contribution in [-0.4, -0.2) is 43.7 Å². The number of benzene rings is 2. The lowest BCUT2D eigenvalue weighted by atomic mass is 9.96. The number of aryl methyl sites for hydroxylation is 1. The quantitative estimate of drug-likeness (QED) is 0.354. The van der Waals surface area contributed by atoms with Gasteiger partial charge in [0.05, 0.1) is 24.7 Å². The summed E-state index contributed by atoms with van der Waals surface area (Å²) in [5.74, 6) is 0.788. The third kappa shape index (κ3) is 4.31. The zero-order chi connectivity index (χ0) is 23.5. The fourth-order valence-corrected chi connectivity index (χ4v) is 4.54. The van der Waals surface area contributed by atoms with Gasteiger partial charge in [0.25, 0.3) is 5.91 Å². The fraction of sp³-hybridized carbons (Fsp3) is 0.269. The predicted molar refractivity (Wildman–Crippen MR) is 131 cm³/mol. The van der Waals surface area contributed by atoms with Crippen LogP contribution in [0.3, 0.4) is 0 Å². The van der Waals surface area contributed by atoms with E-state index >= 15 is 0 Å². The molecule has 7 nitrogen and oxygen atoms in total. The minimum absolute atomic E-state index is 0.0374. The summed E-state index contributed by atoms with van der Waals surface area (Å²) in [5, 5.41) is 8.19. The van der Waals surface area contributed by atoms with Crippen LogP contribution in [0.15, 0.2) is 67.3 Å². The van der Waals surface area contributed by atoms with Crippen molar-refractivity contribution >= 4 is 17.5 Å². The van der Waals surface area contributed by atoms with Crippen molar-refractivity contribution in [3.05, 3.63) is 89.1 Å². The molecule has 0 saturated heterocycles. The standard InChI is InChI=1S/C26H26ClN5O2/c1-2-16-34-21-10-6-19(7-11-21)25-22-23(18-4-8-20(27)9-5-18)29-30-24(22)26(33)32(25)14-3-13-31-15-12-28-17-31/h4-12,15,17,25H,2-3,13-14,16H2,1H3,(H,29,30). The van der Waals surface area contributed by atoms with E-state index in [1.165, 1.54) is 0 Å². The first-order valence-corrected chi connectivity index (χ1v) is 11.9. The summed E-state index contributed by atoms with van der Waals surface area (Å²) in [6, 6.07) is 15.3. The maximum absolute atomic E-state index is 13.5. The van der Waals surface area contributed by atoms with Crippen molar-refractivity contribution in [1.29, 1.82) is 0 Å². The molecular weight excluding hydrogens is 450 g/mol. The van der Waals surface area contributed by atoms with Gasteiger partial charge in [0.2, 0.25) is 0 Å². The number of carbonyl (C=O) groups excluding carboxylic acids is 1. The van der Waals surface area contributed by atoms with Crippen LogP contribution in [0.2, 0.25) is 5.02 Å². The number of imidazole rings is 1. The Kier molecular flexibility index (Phi) is 6.36. The van der Waals surface area contributed by atoms with Crippen molar-refractivity contribution in [2.75, 3.05) is 13.2 Å². The smallest absolute Gasteiger partial charge is 0.273 e. The monoisotopic (exact) mass is 475 g/mol. The summed E-state index contributed by atoms with van der Waals surface area (Å²) in [7, 11) is 0. The highest BCUT2D eigenvalue weighted by Gasteiger charge is 2.41. The van der Waals surface area contributed by atoms with E-state index in [4.69, 9.17) is 16.3 Å². The third-order valence-electron chi connectivity index (χ3n) is 6.02. The molecule has 0 bridgehead atoms. The molecule has 0 aliphatic carbocycles. The lowest BCUT2D eigenvalue weighted by Crippen LogP contribution is -2.31. The summed E-state index contributed by atoms with van der Waals surface area (Å²) < 4.78 is 7.79. The number of aromatic nitrogens is 4. The average Bonchev–Trinajstić information content (AvgIpc) is 3.58. The zero-order valence-corrected chi connectivity index (χ0v) is 19.7. The summed E-state index contributed by atoms with van der Waals surface area (Å²) in [6.45, 7) is 4.15. The molecular formula is C26H26ClN5O2. The molecule has 2 aromatic carbocycles. The van der Waals surface area contributed by atoms with E-state index in [9.17, 15) is 4.79 Å². The number of aromatic amines is 1. The van der Waals surface area contributed by atoms with Crippen molar-refractivity contribution in [3.8, 4) is 17.0 Å². The van der Waals surface area contributed by atoms with Gasteiger partial charge in [-0.15, -0.1) is 0 Å². The first-order chi connectivity index (χ1) is 16.7. The van der Waals surface area contributed by atoms with Gasteiger partial charge in [-0.2, -0.15) is 5.10 Å². The first kappa shape index (κ1) is 22.2. The molecule has 1 atom stereocenters. The van der Waals surface area contributed by atoms with Crippen LogP contribution in [0.4, 0.5) is 0 Å². The Hall–Kier alpha value is -3.58. The van der Waals surface area contributed by atoms with Gasteiger partial charge in [-0.1, -0.05) is 42.8 Å². The Balaban J connectivity index is 1.49.